The molecule has 0 saturated heterocycles. The SMILES string of the molecule is C=CC(=O)OCCSC12CC3CC(C1)CC(SCCOC(=O)C=C)(C3)C2. The van der Waals surface area contributed by atoms with Gasteiger partial charge in [-0.3, -0.25) is 0 Å². The van der Waals surface area contributed by atoms with Crippen LogP contribution >= 0.6 is 23.5 Å². The van der Waals surface area contributed by atoms with Gasteiger partial charge in [0.25, 0.3) is 0 Å². The van der Waals surface area contributed by atoms with Crippen LogP contribution in [0.1, 0.15) is 38.5 Å². The van der Waals surface area contributed by atoms with Crippen LogP contribution in [0.25, 0.3) is 0 Å². The minimum Gasteiger partial charge on any atom is -0.462 e. The Morgan fingerprint density at radius 2 is 1.31 bits per heavy atom. The second-order valence-corrected chi connectivity index (χ2v) is 10.9. The molecule has 4 aliphatic carbocycles. The second kappa shape index (κ2) is 8.42. The molecule has 0 unspecified atom stereocenters. The molecule has 0 N–H and O–H groups in total. The van der Waals surface area contributed by atoms with Crippen LogP contribution in [0.15, 0.2) is 25.3 Å². The molecule has 0 aliphatic heterocycles. The van der Waals surface area contributed by atoms with Crippen LogP contribution in [-0.4, -0.2) is 46.2 Å². The van der Waals surface area contributed by atoms with Crippen LogP contribution < -0.4 is 0 Å². The molecule has 0 amide bonds. The van der Waals surface area contributed by atoms with Crippen LogP contribution in [0, 0.1) is 11.8 Å². The molecular weight excluding hydrogens is 368 g/mol. The monoisotopic (exact) mass is 396 g/mol. The van der Waals surface area contributed by atoms with E-state index >= 15 is 0 Å². The van der Waals surface area contributed by atoms with E-state index in [0.717, 1.165) is 23.3 Å². The number of thioether (sulfide) groups is 2. The zero-order chi connectivity index (χ0) is 18.6. The minimum absolute atomic E-state index is 0.336. The quantitative estimate of drug-likeness (QED) is 0.316. The Kier molecular flexibility index (Phi) is 6.44. The van der Waals surface area contributed by atoms with Crippen LogP contribution in [0.2, 0.25) is 0 Å². The lowest BCUT2D eigenvalue weighted by Crippen LogP contribution is -2.56. The van der Waals surface area contributed by atoms with Gasteiger partial charge in [-0.05, 0) is 50.4 Å². The summed E-state index contributed by atoms with van der Waals surface area (Å²) in [6, 6.07) is 0. The third-order valence-electron chi connectivity index (χ3n) is 5.76. The summed E-state index contributed by atoms with van der Waals surface area (Å²) in [5.74, 6) is 2.69. The minimum atomic E-state index is -0.336. The summed E-state index contributed by atoms with van der Waals surface area (Å²) in [6.45, 7) is 7.79. The van der Waals surface area contributed by atoms with Crippen molar-refractivity contribution in [3.63, 3.8) is 0 Å². The summed E-state index contributed by atoms with van der Waals surface area (Å²) in [5.41, 5.74) is 0. The summed E-state index contributed by atoms with van der Waals surface area (Å²) in [6.07, 6.45) is 10.3. The maximum atomic E-state index is 11.2. The van der Waals surface area contributed by atoms with E-state index in [1.54, 1.807) is 0 Å². The van der Waals surface area contributed by atoms with Crippen LogP contribution in [0.4, 0.5) is 0 Å². The van der Waals surface area contributed by atoms with Gasteiger partial charge in [-0.1, -0.05) is 13.2 Å². The highest BCUT2D eigenvalue weighted by Crippen LogP contribution is 2.65. The van der Waals surface area contributed by atoms with Crippen molar-refractivity contribution in [3.8, 4) is 0 Å². The number of rotatable bonds is 10. The molecule has 0 spiro atoms. The normalized spacial score (nSPS) is 34.3. The number of esters is 2. The van der Waals surface area contributed by atoms with E-state index in [2.05, 4.69) is 13.2 Å². The summed E-state index contributed by atoms with van der Waals surface area (Å²) in [4.78, 5) is 22.4. The van der Waals surface area contributed by atoms with Gasteiger partial charge in [0.05, 0.1) is 0 Å². The van der Waals surface area contributed by atoms with Crippen molar-refractivity contribution in [1.29, 1.82) is 0 Å². The number of carbonyl (C=O) groups is 2. The average molecular weight is 397 g/mol. The fraction of sp³-hybridized carbons (Fsp3) is 0.700. The number of carbonyl (C=O) groups excluding carboxylic acids is 2. The first-order chi connectivity index (χ1) is 12.5. The zero-order valence-electron chi connectivity index (χ0n) is 15.2. The maximum absolute atomic E-state index is 11.2. The molecule has 0 aromatic heterocycles. The van der Waals surface area contributed by atoms with Crippen molar-refractivity contribution in [2.75, 3.05) is 24.7 Å². The third-order valence-corrected chi connectivity index (χ3v) is 8.68. The van der Waals surface area contributed by atoms with E-state index in [1.807, 2.05) is 23.5 Å². The average Bonchev–Trinajstić information content (AvgIpc) is 2.60. The van der Waals surface area contributed by atoms with E-state index in [9.17, 15) is 9.59 Å². The molecule has 0 aromatic carbocycles. The predicted molar refractivity (Wildman–Crippen MR) is 107 cm³/mol. The van der Waals surface area contributed by atoms with Crippen LogP contribution in [-0.2, 0) is 19.1 Å². The van der Waals surface area contributed by atoms with Gasteiger partial charge in [0.2, 0.25) is 0 Å². The Morgan fingerprint density at radius 3 is 1.69 bits per heavy atom. The number of hydrogen-bond acceptors (Lipinski definition) is 6. The Balaban J connectivity index is 1.52. The van der Waals surface area contributed by atoms with Gasteiger partial charge in [-0.15, -0.1) is 0 Å². The molecule has 4 saturated carbocycles. The van der Waals surface area contributed by atoms with Crippen molar-refractivity contribution in [2.24, 2.45) is 11.8 Å². The topological polar surface area (TPSA) is 52.6 Å². The lowest BCUT2D eigenvalue weighted by atomic mass is 9.55. The van der Waals surface area contributed by atoms with Crippen molar-refractivity contribution < 1.29 is 19.1 Å². The molecule has 0 radical (unpaired) electrons. The van der Waals surface area contributed by atoms with Gasteiger partial charge in [0.15, 0.2) is 0 Å². The predicted octanol–water partition coefficient (Wildman–Crippen LogP) is 4.00. The first-order valence-corrected chi connectivity index (χ1v) is 11.3. The summed E-state index contributed by atoms with van der Waals surface area (Å²) < 4.78 is 11.0. The lowest BCUT2D eigenvalue weighted by molar-refractivity contribution is -0.138. The van der Waals surface area contributed by atoms with E-state index in [4.69, 9.17) is 9.47 Å². The molecule has 4 aliphatic rings. The first-order valence-electron chi connectivity index (χ1n) is 9.34. The Hall–Kier alpha value is -0.880. The smallest absolute Gasteiger partial charge is 0.330 e. The summed E-state index contributed by atoms with van der Waals surface area (Å²) >= 11 is 4.02. The third kappa shape index (κ3) is 4.69. The fourth-order valence-electron chi connectivity index (χ4n) is 5.35. The zero-order valence-corrected chi connectivity index (χ0v) is 16.9. The van der Waals surface area contributed by atoms with E-state index in [-0.39, 0.29) is 11.9 Å². The second-order valence-electron chi connectivity index (χ2n) is 7.77. The maximum Gasteiger partial charge on any atom is 0.330 e. The van der Waals surface area contributed by atoms with E-state index < -0.39 is 0 Å². The highest BCUT2D eigenvalue weighted by Gasteiger charge is 2.57. The molecule has 4 fully saturated rings. The van der Waals surface area contributed by atoms with Gasteiger partial charge >= 0.3 is 11.9 Å². The summed E-state index contributed by atoms with van der Waals surface area (Å²) in [5, 5.41) is 0. The highest BCUT2D eigenvalue weighted by atomic mass is 32.2. The molecule has 0 aromatic rings. The largest absolute Gasteiger partial charge is 0.462 e. The van der Waals surface area contributed by atoms with Crippen LogP contribution in [0.5, 0.6) is 0 Å². The molecule has 0 atom stereocenters. The molecule has 0 heterocycles. The lowest BCUT2D eigenvalue weighted by Gasteiger charge is -2.61. The van der Waals surface area contributed by atoms with E-state index in [1.165, 1.54) is 50.7 Å². The van der Waals surface area contributed by atoms with Gasteiger partial charge in [-0.2, -0.15) is 23.5 Å². The number of ether oxygens (including phenoxy) is 2. The van der Waals surface area contributed by atoms with E-state index in [0.29, 0.717) is 22.7 Å². The van der Waals surface area contributed by atoms with Crippen molar-refractivity contribution in [1.82, 2.24) is 0 Å². The Morgan fingerprint density at radius 1 is 0.885 bits per heavy atom. The molecule has 4 bridgehead atoms. The molecule has 26 heavy (non-hydrogen) atoms. The standard InChI is InChI=1S/C20H28O4S2/c1-3-17(21)23-5-7-25-19-10-15-9-16(11-19)13-20(12-15,14-19)26-8-6-24-18(22)4-2/h3-4,15-16H,1-2,5-14H2. The molecule has 4 nitrogen and oxygen atoms in total. The van der Waals surface area contributed by atoms with Crippen molar-refractivity contribution >= 4 is 35.5 Å². The fourth-order valence-corrected chi connectivity index (χ4v) is 8.81. The Labute approximate surface area is 164 Å². The molecule has 4 rings (SSSR count). The summed E-state index contributed by atoms with van der Waals surface area (Å²) in [7, 11) is 0. The van der Waals surface area contributed by atoms with Gasteiger partial charge in [0, 0.05) is 33.2 Å². The number of hydrogen-bond donors (Lipinski definition) is 0. The van der Waals surface area contributed by atoms with Crippen molar-refractivity contribution in [2.45, 2.75) is 48.0 Å². The molecule has 6 heteroatoms. The van der Waals surface area contributed by atoms with Gasteiger partial charge < -0.3 is 9.47 Å². The highest BCUT2D eigenvalue weighted by molar-refractivity contribution is 8.01. The first kappa shape index (κ1) is 19.9. The molecule has 144 valence electrons. The van der Waals surface area contributed by atoms with Crippen molar-refractivity contribution in [3.05, 3.63) is 25.3 Å². The Bertz CT molecular complexity index is 514. The van der Waals surface area contributed by atoms with Gasteiger partial charge in [0.1, 0.15) is 13.2 Å². The van der Waals surface area contributed by atoms with Crippen LogP contribution in [0.3, 0.4) is 0 Å². The van der Waals surface area contributed by atoms with Gasteiger partial charge in [-0.25, -0.2) is 9.59 Å². The molecular formula is C20H28O4S2.